The molecule has 0 unspecified atom stereocenters. The van der Waals surface area contributed by atoms with Crippen LogP contribution >= 0.6 is 0 Å². The molecule has 0 saturated carbocycles. The molecule has 0 bridgehead atoms. The molecule has 220 valence electrons. The first kappa shape index (κ1) is 34.4. The van der Waals surface area contributed by atoms with Gasteiger partial charge in [-0.15, -0.1) is 0 Å². The average molecular weight is 629 g/mol. The van der Waals surface area contributed by atoms with E-state index in [2.05, 4.69) is 74.7 Å². The van der Waals surface area contributed by atoms with Gasteiger partial charge in [-0.2, -0.15) is 0 Å². The molecule has 0 aliphatic carbocycles. The molecular weight excluding hydrogens is 581 g/mol. The van der Waals surface area contributed by atoms with E-state index in [0.29, 0.717) is 12.1 Å². The summed E-state index contributed by atoms with van der Waals surface area (Å²) in [5.74, 6) is 0. The summed E-state index contributed by atoms with van der Waals surface area (Å²) >= 11 is 0. The first-order valence-corrected chi connectivity index (χ1v) is 25.1. The van der Waals surface area contributed by atoms with Crippen molar-refractivity contribution in [3.63, 3.8) is 0 Å². The van der Waals surface area contributed by atoms with Crippen LogP contribution in [0.1, 0.15) is 0 Å². The van der Waals surface area contributed by atoms with Crippen molar-refractivity contribution in [1.29, 1.82) is 0 Å². The van der Waals surface area contributed by atoms with E-state index in [-0.39, 0.29) is 0 Å². The Labute approximate surface area is 241 Å². The third-order valence-corrected chi connectivity index (χ3v) is 25.4. The smallest absolute Gasteiger partial charge is 0.430 e. The Bertz CT molecular complexity index is 877. The lowest BCUT2D eigenvalue weighted by atomic mass is 10.4. The molecule has 0 saturated heterocycles. The van der Waals surface area contributed by atoms with Crippen molar-refractivity contribution in [2.45, 2.75) is 50.4 Å². The average Bonchev–Trinajstić information content (AvgIpc) is 2.95. The van der Waals surface area contributed by atoms with Gasteiger partial charge in [0.15, 0.2) is 16.6 Å². The normalized spacial score (nSPS) is 13.6. The highest BCUT2D eigenvalue weighted by atomic mass is 28.5. The molecule has 39 heavy (non-hydrogen) atoms. The lowest BCUT2D eigenvalue weighted by Crippen LogP contribution is -2.70. The summed E-state index contributed by atoms with van der Waals surface area (Å²) in [5, 5.41) is 2.19. The summed E-state index contributed by atoms with van der Waals surface area (Å²) in [6.45, 7) is 8.99. The van der Waals surface area contributed by atoms with Crippen LogP contribution in [0.5, 0.6) is 0 Å². The van der Waals surface area contributed by atoms with E-state index in [1.54, 1.807) is 42.7 Å². The van der Waals surface area contributed by atoms with E-state index in [9.17, 15) is 0 Å². The van der Waals surface area contributed by atoms with Crippen LogP contribution in [0.2, 0.25) is 50.4 Å². The van der Waals surface area contributed by atoms with Crippen LogP contribution in [0.3, 0.4) is 0 Å². The van der Waals surface area contributed by atoms with Crippen molar-refractivity contribution in [2.75, 3.05) is 42.7 Å². The number of rotatable bonds is 18. The maximum atomic E-state index is 7.44. The van der Waals surface area contributed by atoms with Crippen LogP contribution in [0.4, 0.5) is 0 Å². The zero-order chi connectivity index (χ0) is 29.2. The summed E-state index contributed by atoms with van der Waals surface area (Å²) in [6, 6.07) is 23.9. The van der Waals surface area contributed by atoms with Crippen LogP contribution in [0.15, 0.2) is 60.7 Å². The van der Waals surface area contributed by atoms with E-state index < -0.39 is 42.8 Å². The van der Waals surface area contributed by atoms with Gasteiger partial charge >= 0.3 is 26.2 Å². The summed E-state index contributed by atoms with van der Waals surface area (Å²) in [7, 11) is -3.45. The second-order valence-corrected chi connectivity index (χ2v) is 28.9. The molecule has 2 aromatic rings. The summed E-state index contributed by atoms with van der Waals surface area (Å²) in [6.07, 6.45) is 0. The molecule has 2 aromatic carbocycles. The Balaban J connectivity index is 2.56. The van der Waals surface area contributed by atoms with Crippen LogP contribution < -0.4 is 10.4 Å². The lowest BCUT2D eigenvalue weighted by molar-refractivity contribution is 0.124. The third kappa shape index (κ3) is 9.09. The standard InChI is InChI=1S/C26H48O8Si5/c1-27-37(28-2,29-3)23-21-35(7,8)33-39(25-17-13-11-14-18-25,26-19-15-12-16-20-26)34-36(9,10)22-24-38(30-4,31-5)32-6/h11-20H,21-24H2,1-10H3. The fourth-order valence-corrected chi connectivity index (χ4v) is 25.2. The van der Waals surface area contributed by atoms with Crippen LogP contribution in [-0.2, 0) is 34.8 Å². The molecule has 0 radical (unpaired) electrons. The Morgan fingerprint density at radius 2 is 0.718 bits per heavy atom. The molecule has 0 atom stereocenters. The molecule has 0 N–H and O–H groups in total. The number of benzene rings is 2. The van der Waals surface area contributed by atoms with Crippen LogP contribution in [0.25, 0.3) is 0 Å². The second-order valence-electron chi connectivity index (χ2n) is 10.7. The van der Waals surface area contributed by atoms with E-state index >= 15 is 0 Å². The first-order valence-electron chi connectivity index (χ1n) is 13.2. The SMILES string of the molecule is CO[Si](CC[Si](C)(C)O[Si](O[Si](C)(C)CC[Si](OC)(OC)OC)(c1ccccc1)c1ccccc1)(OC)OC. The highest BCUT2D eigenvalue weighted by Gasteiger charge is 2.52. The summed E-state index contributed by atoms with van der Waals surface area (Å²) in [4.78, 5) is 0. The maximum Gasteiger partial charge on any atom is 0.499 e. The van der Waals surface area contributed by atoms with Gasteiger partial charge in [-0.25, -0.2) is 0 Å². The topological polar surface area (TPSA) is 73.8 Å². The second kappa shape index (κ2) is 14.9. The van der Waals surface area contributed by atoms with Gasteiger partial charge < -0.3 is 34.8 Å². The van der Waals surface area contributed by atoms with Gasteiger partial charge in [0.2, 0.25) is 0 Å². The van der Waals surface area contributed by atoms with Crippen LogP contribution in [-0.4, -0.2) is 85.5 Å². The molecule has 0 spiro atoms. The van der Waals surface area contributed by atoms with E-state index in [1.807, 2.05) is 12.1 Å². The van der Waals surface area contributed by atoms with E-state index in [1.165, 1.54) is 0 Å². The molecule has 13 heteroatoms. The van der Waals surface area contributed by atoms with Crippen molar-refractivity contribution in [3.05, 3.63) is 60.7 Å². The Hall–Kier alpha value is -0.796. The zero-order valence-corrected chi connectivity index (χ0v) is 30.4. The number of hydrogen-bond acceptors (Lipinski definition) is 8. The monoisotopic (exact) mass is 628 g/mol. The minimum absolute atomic E-state index is 0.675. The number of hydrogen-bond donors (Lipinski definition) is 0. The van der Waals surface area contributed by atoms with E-state index in [4.69, 9.17) is 34.8 Å². The molecular formula is C26H48O8Si5. The van der Waals surface area contributed by atoms with Crippen LogP contribution in [0, 0.1) is 0 Å². The van der Waals surface area contributed by atoms with Crippen molar-refractivity contribution in [1.82, 2.24) is 0 Å². The minimum atomic E-state index is -3.16. The maximum absolute atomic E-state index is 7.44. The van der Waals surface area contributed by atoms with Gasteiger partial charge in [-0.3, -0.25) is 0 Å². The highest BCUT2D eigenvalue weighted by Crippen LogP contribution is 2.30. The molecule has 0 aromatic heterocycles. The van der Waals surface area contributed by atoms with Gasteiger partial charge in [0.1, 0.15) is 0 Å². The summed E-state index contributed by atoms with van der Waals surface area (Å²) < 4.78 is 49.2. The molecule has 0 aliphatic rings. The first-order chi connectivity index (χ1) is 18.4. The molecule has 0 heterocycles. The van der Waals surface area contributed by atoms with Gasteiger partial charge in [0.05, 0.1) is 0 Å². The Morgan fingerprint density at radius 3 is 0.974 bits per heavy atom. The quantitative estimate of drug-likeness (QED) is 0.225. The van der Waals surface area contributed by atoms with Gasteiger partial charge in [-0.1, -0.05) is 60.7 Å². The fourth-order valence-electron chi connectivity index (χ4n) is 4.64. The molecule has 0 aliphatic heterocycles. The largest absolute Gasteiger partial charge is 0.499 e. The Morgan fingerprint density at radius 1 is 0.436 bits per heavy atom. The van der Waals surface area contributed by atoms with Crippen molar-refractivity contribution in [3.8, 4) is 0 Å². The third-order valence-electron chi connectivity index (χ3n) is 7.08. The van der Waals surface area contributed by atoms with Crippen molar-refractivity contribution >= 4 is 53.2 Å². The molecule has 2 rings (SSSR count). The predicted octanol–water partition coefficient (Wildman–Crippen LogP) is 4.44. The molecule has 8 nitrogen and oxygen atoms in total. The highest BCUT2D eigenvalue weighted by molar-refractivity contribution is 7.02. The van der Waals surface area contributed by atoms with Crippen molar-refractivity contribution < 1.29 is 34.8 Å². The zero-order valence-electron chi connectivity index (χ0n) is 25.4. The minimum Gasteiger partial charge on any atom is -0.430 e. The molecule has 0 fully saturated rings. The van der Waals surface area contributed by atoms with Crippen molar-refractivity contribution in [2.24, 2.45) is 0 Å². The lowest BCUT2D eigenvalue weighted by Gasteiger charge is -2.44. The fraction of sp³-hybridized carbons (Fsp3) is 0.538. The summed E-state index contributed by atoms with van der Waals surface area (Å²) in [5.41, 5.74) is 0. The van der Waals surface area contributed by atoms with Gasteiger partial charge in [0.25, 0.3) is 0 Å². The Kier molecular flexibility index (Phi) is 13.1. The van der Waals surface area contributed by atoms with Gasteiger partial charge in [0, 0.05) is 54.7 Å². The predicted molar refractivity (Wildman–Crippen MR) is 168 cm³/mol. The molecule has 0 amide bonds. The van der Waals surface area contributed by atoms with E-state index in [0.717, 1.165) is 22.5 Å². The van der Waals surface area contributed by atoms with Gasteiger partial charge in [-0.05, 0) is 48.6 Å².